The van der Waals surface area contributed by atoms with Crippen molar-refractivity contribution in [2.45, 2.75) is 26.4 Å². The Morgan fingerprint density at radius 3 is 2.28 bits per heavy atom. The van der Waals surface area contributed by atoms with Gasteiger partial charge >= 0.3 is 12.1 Å². The van der Waals surface area contributed by atoms with Crippen molar-refractivity contribution in [2.75, 3.05) is 19.6 Å². The molecule has 0 rings (SSSR count). The molecule has 1 atom stereocenters. The van der Waals surface area contributed by atoms with Gasteiger partial charge in [0.2, 0.25) is 0 Å². The molecule has 0 aromatic rings. The van der Waals surface area contributed by atoms with Crippen LogP contribution >= 0.6 is 0 Å². The second-order valence-corrected chi connectivity index (χ2v) is 4.49. The van der Waals surface area contributed by atoms with E-state index in [1.165, 1.54) is 4.90 Å². The molecule has 0 radical (unpaired) electrons. The number of carboxylic acid groups (broad SMARTS) is 1. The molecule has 0 bridgehead atoms. The van der Waals surface area contributed by atoms with Crippen molar-refractivity contribution in [3.8, 4) is 6.07 Å². The van der Waals surface area contributed by atoms with Gasteiger partial charge in [0.05, 0.1) is 6.07 Å². The number of alkyl halides is 3. The molecule has 0 heterocycles. The van der Waals surface area contributed by atoms with Crippen LogP contribution in [0.1, 0.15) is 20.3 Å². The molecular formula is C11H17F3N2O2. The summed E-state index contributed by atoms with van der Waals surface area (Å²) >= 11 is 0. The van der Waals surface area contributed by atoms with Crippen LogP contribution in [0.2, 0.25) is 0 Å². The molecule has 1 unspecified atom stereocenters. The summed E-state index contributed by atoms with van der Waals surface area (Å²) in [4.78, 5) is 12.0. The highest BCUT2D eigenvalue weighted by molar-refractivity contribution is 5.71. The molecule has 0 fully saturated rings. The van der Waals surface area contributed by atoms with Crippen molar-refractivity contribution in [1.82, 2.24) is 4.90 Å². The summed E-state index contributed by atoms with van der Waals surface area (Å²) in [5.74, 6) is -4.19. The van der Waals surface area contributed by atoms with Crippen LogP contribution in [0.4, 0.5) is 13.2 Å². The van der Waals surface area contributed by atoms with Gasteiger partial charge in [-0.1, -0.05) is 13.8 Å². The Hall–Kier alpha value is -1.29. The first-order chi connectivity index (χ1) is 8.18. The van der Waals surface area contributed by atoms with E-state index in [2.05, 4.69) is 0 Å². The van der Waals surface area contributed by atoms with Crippen molar-refractivity contribution in [1.29, 1.82) is 5.26 Å². The van der Waals surface area contributed by atoms with Crippen LogP contribution in [-0.4, -0.2) is 41.8 Å². The summed E-state index contributed by atoms with van der Waals surface area (Å²) in [6.45, 7) is 3.51. The second kappa shape index (κ2) is 7.21. The van der Waals surface area contributed by atoms with Crippen LogP contribution in [0.25, 0.3) is 0 Å². The van der Waals surface area contributed by atoms with Crippen molar-refractivity contribution in [2.24, 2.45) is 11.8 Å². The van der Waals surface area contributed by atoms with E-state index < -0.39 is 24.6 Å². The van der Waals surface area contributed by atoms with E-state index in [9.17, 15) is 18.0 Å². The molecule has 7 heteroatoms. The van der Waals surface area contributed by atoms with E-state index in [0.29, 0.717) is 6.54 Å². The molecule has 0 saturated heterocycles. The first-order valence-electron chi connectivity index (χ1n) is 5.57. The minimum absolute atomic E-state index is 0.0803. The standard InChI is InChI=1S/C11H17F3N2O2/c1-8(2)6-16(5-3-4-15)7-9(10(17)18)11(12,13)14/h8-9H,3,5-7H2,1-2H3,(H,17,18). The fraction of sp³-hybridized carbons (Fsp3) is 0.818. The third-order valence-corrected chi connectivity index (χ3v) is 2.30. The molecule has 104 valence electrons. The largest absolute Gasteiger partial charge is 0.481 e. The predicted molar refractivity (Wildman–Crippen MR) is 58.7 cm³/mol. The lowest BCUT2D eigenvalue weighted by Crippen LogP contribution is -2.42. The lowest BCUT2D eigenvalue weighted by Gasteiger charge is -2.27. The summed E-state index contributed by atoms with van der Waals surface area (Å²) in [6, 6.07) is 1.84. The van der Waals surface area contributed by atoms with E-state index in [0.717, 1.165) is 0 Å². The van der Waals surface area contributed by atoms with Crippen molar-refractivity contribution >= 4 is 5.97 Å². The Balaban J connectivity index is 4.70. The average Bonchev–Trinajstić information content (AvgIpc) is 2.18. The van der Waals surface area contributed by atoms with Crippen molar-refractivity contribution in [3.05, 3.63) is 0 Å². The number of hydrogen-bond acceptors (Lipinski definition) is 3. The highest BCUT2D eigenvalue weighted by atomic mass is 19.4. The van der Waals surface area contributed by atoms with Gasteiger partial charge in [-0.25, -0.2) is 0 Å². The summed E-state index contributed by atoms with van der Waals surface area (Å²) in [7, 11) is 0. The van der Waals surface area contributed by atoms with Gasteiger partial charge in [0.1, 0.15) is 0 Å². The number of carboxylic acids is 1. The molecule has 0 aliphatic carbocycles. The van der Waals surface area contributed by atoms with Crippen LogP contribution in [0.3, 0.4) is 0 Å². The highest BCUT2D eigenvalue weighted by Crippen LogP contribution is 2.27. The number of carbonyl (C=O) groups is 1. The summed E-state index contributed by atoms with van der Waals surface area (Å²) in [5, 5.41) is 17.0. The first kappa shape index (κ1) is 16.7. The highest BCUT2D eigenvalue weighted by Gasteiger charge is 2.45. The smallest absolute Gasteiger partial charge is 0.403 e. The zero-order chi connectivity index (χ0) is 14.3. The first-order valence-corrected chi connectivity index (χ1v) is 5.57. The number of hydrogen-bond donors (Lipinski definition) is 1. The van der Waals surface area contributed by atoms with Gasteiger partial charge < -0.3 is 10.0 Å². The Morgan fingerprint density at radius 1 is 1.39 bits per heavy atom. The lowest BCUT2D eigenvalue weighted by atomic mass is 10.1. The van der Waals surface area contributed by atoms with E-state index in [4.69, 9.17) is 10.4 Å². The zero-order valence-electron chi connectivity index (χ0n) is 10.4. The SMILES string of the molecule is CC(C)CN(CCC#N)CC(C(=O)O)C(F)(F)F. The number of aliphatic carboxylic acids is 1. The maximum Gasteiger partial charge on any atom is 0.403 e. The molecule has 0 aliphatic heterocycles. The zero-order valence-corrected chi connectivity index (χ0v) is 10.4. The Labute approximate surface area is 104 Å². The van der Waals surface area contributed by atoms with Gasteiger partial charge in [-0.2, -0.15) is 18.4 Å². The minimum Gasteiger partial charge on any atom is -0.481 e. The topological polar surface area (TPSA) is 64.3 Å². The van der Waals surface area contributed by atoms with Gasteiger partial charge in [-0.3, -0.25) is 4.79 Å². The maximum atomic E-state index is 12.5. The molecular weight excluding hydrogens is 249 g/mol. The van der Waals surface area contributed by atoms with E-state index in [1.807, 2.05) is 19.9 Å². The normalized spacial score (nSPS) is 13.7. The van der Waals surface area contributed by atoms with Gasteiger partial charge in [0.15, 0.2) is 5.92 Å². The molecule has 0 aromatic heterocycles. The van der Waals surface area contributed by atoms with Gasteiger partial charge in [-0.15, -0.1) is 0 Å². The van der Waals surface area contributed by atoms with Crippen LogP contribution in [-0.2, 0) is 4.79 Å². The Bertz CT molecular complexity index is 310. The fourth-order valence-electron chi connectivity index (χ4n) is 1.56. The van der Waals surface area contributed by atoms with Crippen molar-refractivity contribution < 1.29 is 23.1 Å². The minimum atomic E-state index is -4.77. The summed E-state index contributed by atoms with van der Waals surface area (Å²) in [5.41, 5.74) is 0. The molecule has 0 amide bonds. The van der Waals surface area contributed by atoms with E-state index >= 15 is 0 Å². The van der Waals surface area contributed by atoms with E-state index in [-0.39, 0.29) is 18.9 Å². The molecule has 0 aliphatic rings. The monoisotopic (exact) mass is 266 g/mol. The lowest BCUT2D eigenvalue weighted by molar-refractivity contribution is -0.196. The molecule has 0 aromatic carbocycles. The van der Waals surface area contributed by atoms with Crippen LogP contribution in [0, 0.1) is 23.2 Å². The van der Waals surface area contributed by atoms with Crippen LogP contribution in [0.15, 0.2) is 0 Å². The van der Waals surface area contributed by atoms with Crippen LogP contribution in [0.5, 0.6) is 0 Å². The number of halogens is 3. The molecule has 1 N–H and O–H groups in total. The Morgan fingerprint density at radius 2 is 1.94 bits per heavy atom. The second-order valence-electron chi connectivity index (χ2n) is 4.49. The van der Waals surface area contributed by atoms with Gasteiger partial charge in [-0.05, 0) is 5.92 Å². The average molecular weight is 266 g/mol. The van der Waals surface area contributed by atoms with Crippen molar-refractivity contribution in [3.63, 3.8) is 0 Å². The van der Waals surface area contributed by atoms with Gasteiger partial charge in [0, 0.05) is 26.1 Å². The molecule has 4 nitrogen and oxygen atoms in total. The van der Waals surface area contributed by atoms with Crippen LogP contribution < -0.4 is 0 Å². The number of rotatable bonds is 7. The molecule has 18 heavy (non-hydrogen) atoms. The maximum absolute atomic E-state index is 12.5. The third kappa shape index (κ3) is 6.45. The quantitative estimate of drug-likeness (QED) is 0.766. The number of nitriles is 1. The van der Waals surface area contributed by atoms with Gasteiger partial charge in [0.25, 0.3) is 0 Å². The number of nitrogens with zero attached hydrogens (tertiary/aromatic N) is 2. The molecule has 0 spiro atoms. The fourth-order valence-corrected chi connectivity index (χ4v) is 1.56. The predicted octanol–water partition coefficient (Wildman–Crippen LogP) is 2.12. The summed E-state index contributed by atoms with van der Waals surface area (Å²) in [6.07, 6.45) is -4.69. The third-order valence-electron chi connectivity index (χ3n) is 2.30. The van der Waals surface area contributed by atoms with E-state index in [1.54, 1.807) is 0 Å². The Kier molecular flexibility index (Phi) is 6.70. The molecule has 0 saturated carbocycles. The summed E-state index contributed by atoms with van der Waals surface area (Å²) < 4.78 is 37.6.